The number of carbonyl (C=O) groups excluding carboxylic acids is 1. The third-order valence-corrected chi connectivity index (χ3v) is 5.71. The van der Waals surface area contributed by atoms with Crippen LogP contribution < -0.4 is 10.1 Å². The number of aryl methyl sites for hydroxylation is 2. The van der Waals surface area contributed by atoms with Crippen molar-refractivity contribution in [2.75, 3.05) is 25.6 Å². The molecule has 1 aromatic carbocycles. The van der Waals surface area contributed by atoms with E-state index in [9.17, 15) is 4.79 Å². The lowest BCUT2D eigenvalue weighted by molar-refractivity contribution is 0.102. The largest absolute Gasteiger partial charge is 0.474 e. The molecule has 0 radical (unpaired) electrons. The fraction of sp³-hybridized carbons (Fsp3) is 0.238. The molecule has 0 unspecified atom stereocenters. The number of fused-ring (bicyclic) bond motifs is 3. The number of benzene rings is 1. The van der Waals surface area contributed by atoms with Gasteiger partial charge in [0.1, 0.15) is 12.3 Å². The predicted octanol–water partition coefficient (Wildman–Crippen LogP) is 4.19. The van der Waals surface area contributed by atoms with Gasteiger partial charge >= 0.3 is 0 Å². The molecule has 5 nitrogen and oxygen atoms in total. The summed E-state index contributed by atoms with van der Waals surface area (Å²) < 4.78 is 10.6. The van der Waals surface area contributed by atoms with Gasteiger partial charge in [-0.05, 0) is 47.7 Å². The Hall–Kier alpha value is -2.70. The zero-order valence-corrected chi connectivity index (χ0v) is 15.8. The van der Waals surface area contributed by atoms with Gasteiger partial charge in [0.05, 0.1) is 11.5 Å². The van der Waals surface area contributed by atoms with Crippen LogP contribution in [0.4, 0.5) is 5.69 Å². The highest BCUT2D eigenvalue weighted by Gasteiger charge is 2.22. The lowest BCUT2D eigenvalue weighted by atomic mass is 9.91. The Morgan fingerprint density at radius 3 is 2.89 bits per heavy atom. The number of hydrogen-bond donors (Lipinski definition) is 1. The number of ether oxygens (including phenoxy) is 2. The van der Waals surface area contributed by atoms with Crippen molar-refractivity contribution in [1.29, 1.82) is 0 Å². The summed E-state index contributed by atoms with van der Waals surface area (Å²) in [6, 6.07) is 14.0. The van der Waals surface area contributed by atoms with Gasteiger partial charge in [0, 0.05) is 18.2 Å². The molecule has 0 saturated carbocycles. The first kappa shape index (κ1) is 17.7. The molecule has 1 aliphatic rings. The fourth-order valence-electron chi connectivity index (χ4n) is 3.19. The maximum atomic E-state index is 12.8. The molecular weight excluding hydrogens is 360 g/mol. The SMILES string of the molecule is COCCOc1ncccc1NC(=O)c1cc2c(s1)-c1ccccc1CC2. The van der Waals surface area contributed by atoms with E-state index in [-0.39, 0.29) is 5.91 Å². The lowest BCUT2D eigenvalue weighted by Gasteiger charge is -2.15. The topological polar surface area (TPSA) is 60.5 Å². The molecule has 0 fully saturated rings. The Balaban J connectivity index is 1.55. The van der Waals surface area contributed by atoms with Gasteiger partial charge < -0.3 is 14.8 Å². The van der Waals surface area contributed by atoms with Crippen molar-refractivity contribution in [3.63, 3.8) is 0 Å². The number of pyridine rings is 1. The minimum absolute atomic E-state index is 0.142. The standard InChI is InChI=1S/C21H20N2O3S/c1-25-11-12-26-21-17(7-4-10-22-21)23-20(24)18-13-15-9-8-14-5-2-3-6-16(14)19(15)27-18/h2-7,10,13H,8-9,11-12H2,1H3,(H,23,24). The molecule has 2 heterocycles. The summed E-state index contributed by atoms with van der Waals surface area (Å²) in [6.07, 6.45) is 3.62. The van der Waals surface area contributed by atoms with E-state index < -0.39 is 0 Å². The summed E-state index contributed by atoms with van der Waals surface area (Å²) >= 11 is 1.54. The summed E-state index contributed by atoms with van der Waals surface area (Å²) in [5.41, 5.74) is 4.39. The predicted molar refractivity (Wildman–Crippen MR) is 107 cm³/mol. The van der Waals surface area contributed by atoms with Gasteiger partial charge in [0.15, 0.2) is 0 Å². The second-order valence-electron chi connectivity index (χ2n) is 6.27. The second kappa shape index (κ2) is 7.90. The Bertz CT molecular complexity index is 968. The van der Waals surface area contributed by atoms with Crippen LogP contribution in [0.3, 0.4) is 0 Å². The van der Waals surface area contributed by atoms with Crippen LogP contribution in [0.25, 0.3) is 10.4 Å². The number of thiophene rings is 1. The fourth-order valence-corrected chi connectivity index (χ4v) is 4.36. The van der Waals surface area contributed by atoms with Gasteiger partial charge in [0.2, 0.25) is 5.88 Å². The average Bonchev–Trinajstić information content (AvgIpc) is 3.14. The molecular formula is C21H20N2O3S. The average molecular weight is 380 g/mol. The third kappa shape index (κ3) is 3.72. The van der Waals surface area contributed by atoms with Crippen molar-refractivity contribution in [3.05, 3.63) is 64.7 Å². The molecule has 0 bridgehead atoms. The number of carbonyl (C=O) groups is 1. The number of nitrogens with one attached hydrogen (secondary N) is 1. The summed E-state index contributed by atoms with van der Waals surface area (Å²) in [6.45, 7) is 0.835. The van der Waals surface area contributed by atoms with Crippen LogP contribution in [-0.4, -0.2) is 31.2 Å². The summed E-state index contributed by atoms with van der Waals surface area (Å²) in [7, 11) is 1.61. The maximum Gasteiger partial charge on any atom is 0.265 e. The van der Waals surface area contributed by atoms with E-state index in [0.29, 0.717) is 29.7 Å². The first-order valence-corrected chi connectivity index (χ1v) is 9.67. The molecule has 4 rings (SSSR count). The number of rotatable bonds is 6. The van der Waals surface area contributed by atoms with E-state index in [1.807, 2.05) is 12.1 Å². The Morgan fingerprint density at radius 1 is 1.15 bits per heavy atom. The number of hydrogen-bond acceptors (Lipinski definition) is 5. The van der Waals surface area contributed by atoms with Gasteiger partial charge in [-0.3, -0.25) is 4.79 Å². The van der Waals surface area contributed by atoms with Gasteiger partial charge in [-0.2, -0.15) is 0 Å². The van der Waals surface area contributed by atoms with Crippen LogP contribution >= 0.6 is 11.3 Å². The molecule has 2 aromatic heterocycles. The quantitative estimate of drug-likeness (QED) is 0.652. The van der Waals surface area contributed by atoms with E-state index in [4.69, 9.17) is 9.47 Å². The zero-order chi connectivity index (χ0) is 18.6. The lowest BCUT2D eigenvalue weighted by Crippen LogP contribution is -2.13. The summed E-state index contributed by atoms with van der Waals surface area (Å²) in [5, 5.41) is 2.93. The molecule has 0 spiro atoms. The normalized spacial score (nSPS) is 12.2. The summed E-state index contributed by atoms with van der Waals surface area (Å²) in [5.74, 6) is 0.256. The molecule has 0 saturated heterocycles. The number of amides is 1. The minimum atomic E-state index is -0.142. The molecule has 0 atom stereocenters. The molecule has 27 heavy (non-hydrogen) atoms. The highest BCUT2D eigenvalue weighted by molar-refractivity contribution is 7.17. The van der Waals surface area contributed by atoms with Gasteiger partial charge in [-0.25, -0.2) is 4.98 Å². The van der Waals surface area contributed by atoms with Crippen LogP contribution in [-0.2, 0) is 17.6 Å². The van der Waals surface area contributed by atoms with Crippen LogP contribution in [0.5, 0.6) is 5.88 Å². The van der Waals surface area contributed by atoms with Crippen LogP contribution in [0.2, 0.25) is 0 Å². The molecule has 0 aliphatic heterocycles. The van der Waals surface area contributed by atoms with E-state index in [1.54, 1.807) is 25.4 Å². The number of aromatic nitrogens is 1. The maximum absolute atomic E-state index is 12.8. The Kier molecular flexibility index (Phi) is 5.18. The second-order valence-corrected chi connectivity index (χ2v) is 7.33. The van der Waals surface area contributed by atoms with Crippen LogP contribution in [0, 0.1) is 0 Å². The van der Waals surface area contributed by atoms with Crippen molar-refractivity contribution in [1.82, 2.24) is 4.98 Å². The van der Waals surface area contributed by atoms with Crippen molar-refractivity contribution in [2.45, 2.75) is 12.8 Å². The number of methoxy groups -OCH3 is 1. The van der Waals surface area contributed by atoms with Crippen molar-refractivity contribution < 1.29 is 14.3 Å². The third-order valence-electron chi connectivity index (χ3n) is 4.50. The van der Waals surface area contributed by atoms with E-state index in [1.165, 1.54) is 32.9 Å². The van der Waals surface area contributed by atoms with E-state index >= 15 is 0 Å². The van der Waals surface area contributed by atoms with Gasteiger partial charge in [-0.1, -0.05) is 24.3 Å². The summed E-state index contributed by atoms with van der Waals surface area (Å²) in [4.78, 5) is 18.9. The highest BCUT2D eigenvalue weighted by atomic mass is 32.1. The first-order valence-electron chi connectivity index (χ1n) is 8.85. The molecule has 138 valence electrons. The molecule has 3 aromatic rings. The molecule has 1 N–H and O–H groups in total. The monoisotopic (exact) mass is 380 g/mol. The molecule has 1 amide bonds. The molecule has 6 heteroatoms. The number of nitrogens with zero attached hydrogens (tertiary/aromatic N) is 1. The Labute approximate surface area is 162 Å². The van der Waals surface area contributed by atoms with E-state index in [0.717, 1.165) is 12.8 Å². The van der Waals surface area contributed by atoms with Crippen LogP contribution in [0.1, 0.15) is 20.8 Å². The van der Waals surface area contributed by atoms with Crippen molar-refractivity contribution in [2.24, 2.45) is 0 Å². The van der Waals surface area contributed by atoms with Crippen LogP contribution in [0.15, 0.2) is 48.7 Å². The number of anilines is 1. The van der Waals surface area contributed by atoms with Crippen molar-refractivity contribution >= 4 is 22.9 Å². The van der Waals surface area contributed by atoms with Gasteiger partial charge in [0.25, 0.3) is 5.91 Å². The Morgan fingerprint density at radius 2 is 2.00 bits per heavy atom. The van der Waals surface area contributed by atoms with Gasteiger partial charge in [-0.15, -0.1) is 11.3 Å². The van der Waals surface area contributed by atoms with E-state index in [2.05, 4.69) is 28.5 Å². The first-order chi connectivity index (χ1) is 13.3. The zero-order valence-electron chi connectivity index (χ0n) is 15.0. The molecule has 1 aliphatic carbocycles. The minimum Gasteiger partial charge on any atom is -0.474 e. The highest BCUT2D eigenvalue weighted by Crippen LogP contribution is 2.39. The smallest absolute Gasteiger partial charge is 0.265 e. The van der Waals surface area contributed by atoms with Crippen molar-refractivity contribution in [3.8, 4) is 16.3 Å².